The predicted octanol–water partition coefficient (Wildman–Crippen LogP) is 1.25. The van der Waals surface area contributed by atoms with Crippen molar-refractivity contribution in [2.75, 3.05) is 0 Å². The number of aliphatic hydroxyl groups is 1. The van der Waals surface area contributed by atoms with Gasteiger partial charge in [-0.05, 0) is 31.4 Å². The van der Waals surface area contributed by atoms with Crippen LogP contribution in [0.1, 0.15) is 28.8 Å². The van der Waals surface area contributed by atoms with Gasteiger partial charge in [0.1, 0.15) is 0 Å². The Morgan fingerprint density at radius 2 is 2.13 bits per heavy atom. The van der Waals surface area contributed by atoms with Crippen LogP contribution in [-0.4, -0.2) is 23.2 Å². The van der Waals surface area contributed by atoms with Crippen molar-refractivity contribution in [2.24, 2.45) is 0 Å². The number of rotatable bonds is 2. The lowest BCUT2D eigenvalue weighted by molar-refractivity contribution is 0.0447. The number of amides is 1. The maximum atomic E-state index is 11.8. The molecule has 2 atom stereocenters. The standard InChI is InChI=1S/C12H15NO2/c1-8-4-2-3-5-9(8)12(15)13-10-6-7-11(10)14/h2-5,10-11,14H,6-7H2,1H3,(H,13,15)/t10-,11-/m1/s1. The van der Waals surface area contributed by atoms with Crippen LogP contribution >= 0.6 is 0 Å². The van der Waals surface area contributed by atoms with Crippen LogP contribution in [0.5, 0.6) is 0 Å². The highest BCUT2D eigenvalue weighted by Gasteiger charge is 2.30. The molecule has 2 rings (SSSR count). The van der Waals surface area contributed by atoms with Gasteiger partial charge >= 0.3 is 0 Å². The smallest absolute Gasteiger partial charge is 0.251 e. The number of benzene rings is 1. The molecule has 3 heteroatoms. The lowest BCUT2D eigenvalue weighted by atomic mass is 9.89. The summed E-state index contributed by atoms with van der Waals surface area (Å²) in [5.41, 5.74) is 1.65. The second kappa shape index (κ2) is 4.03. The maximum absolute atomic E-state index is 11.8. The van der Waals surface area contributed by atoms with Crippen molar-refractivity contribution in [2.45, 2.75) is 31.9 Å². The lowest BCUT2D eigenvalue weighted by Gasteiger charge is -2.33. The van der Waals surface area contributed by atoms with Gasteiger partial charge in [0.05, 0.1) is 12.1 Å². The minimum Gasteiger partial charge on any atom is -0.391 e. The van der Waals surface area contributed by atoms with Crippen LogP contribution in [0.3, 0.4) is 0 Å². The molecule has 1 amide bonds. The fourth-order valence-electron chi connectivity index (χ4n) is 1.72. The van der Waals surface area contributed by atoms with E-state index >= 15 is 0 Å². The van der Waals surface area contributed by atoms with E-state index in [1.165, 1.54) is 0 Å². The van der Waals surface area contributed by atoms with Crippen molar-refractivity contribution in [3.63, 3.8) is 0 Å². The van der Waals surface area contributed by atoms with Crippen molar-refractivity contribution < 1.29 is 9.90 Å². The first-order valence-electron chi connectivity index (χ1n) is 5.23. The molecule has 0 aliphatic heterocycles. The average molecular weight is 205 g/mol. The zero-order valence-corrected chi connectivity index (χ0v) is 8.73. The number of aliphatic hydroxyl groups excluding tert-OH is 1. The average Bonchev–Trinajstić information content (AvgIpc) is 2.24. The van der Waals surface area contributed by atoms with Crippen LogP contribution < -0.4 is 5.32 Å². The second-order valence-electron chi connectivity index (χ2n) is 4.04. The van der Waals surface area contributed by atoms with Crippen molar-refractivity contribution in [1.82, 2.24) is 5.32 Å². The Morgan fingerprint density at radius 1 is 1.40 bits per heavy atom. The molecule has 1 fully saturated rings. The molecular formula is C12H15NO2. The third-order valence-electron chi connectivity index (χ3n) is 2.94. The van der Waals surface area contributed by atoms with Crippen molar-refractivity contribution >= 4 is 5.91 Å². The van der Waals surface area contributed by atoms with Gasteiger partial charge in [-0.3, -0.25) is 4.79 Å². The summed E-state index contributed by atoms with van der Waals surface area (Å²) in [5.74, 6) is -0.0862. The van der Waals surface area contributed by atoms with Gasteiger partial charge in [-0.25, -0.2) is 0 Å². The van der Waals surface area contributed by atoms with Gasteiger partial charge in [-0.1, -0.05) is 18.2 Å². The molecule has 15 heavy (non-hydrogen) atoms. The Morgan fingerprint density at radius 3 is 2.67 bits per heavy atom. The van der Waals surface area contributed by atoms with E-state index in [9.17, 15) is 9.90 Å². The summed E-state index contributed by atoms with van der Waals surface area (Å²) < 4.78 is 0. The molecule has 1 aliphatic rings. The number of carbonyl (C=O) groups is 1. The van der Waals surface area contributed by atoms with E-state index in [1.54, 1.807) is 6.07 Å². The van der Waals surface area contributed by atoms with E-state index in [0.717, 1.165) is 18.4 Å². The molecule has 2 N–H and O–H groups in total. The maximum Gasteiger partial charge on any atom is 0.251 e. The quantitative estimate of drug-likeness (QED) is 0.763. The molecule has 1 aromatic rings. The number of carbonyl (C=O) groups excluding carboxylic acids is 1. The molecule has 0 spiro atoms. The monoisotopic (exact) mass is 205 g/mol. The number of hydrogen-bond acceptors (Lipinski definition) is 2. The van der Waals surface area contributed by atoms with Crippen LogP contribution in [0, 0.1) is 6.92 Å². The summed E-state index contributed by atoms with van der Waals surface area (Å²) >= 11 is 0. The van der Waals surface area contributed by atoms with Gasteiger partial charge in [0, 0.05) is 5.56 Å². The summed E-state index contributed by atoms with van der Waals surface area (Å²) in [6.07, 6.45) is 1.30. The van der Waals surface area contributed by atoms with Gasteiger partial charge in [0.25, 0.3) is 5.91 Å². The number of nitrogens with one attached hydrogen (secondary N) is 1. The van der Waals surface area contributed by atoms with Crippen LogP contribution in [0.15, 0.2) is 24.3 Å². The first kappa shape index (κ1) is 10.2. The molecule has 0 bridgehead atoms. The molecule has 80 valence electrons. The highest BCUT2D eigenvalue weighted by Crippen LogP contribution is 2.20. The fraction of sp³-hybridized carbons (Fsp3) is 0.417. The van der Waals surface area contributed by atoms with Crippen molar-refractivity contribution in [3.8, 4) is 0 Å². The van der Waals surface area contributed by atoms with E-state index < -0.39 is 0 Å². The predicted molar refractivity (Wildman–Crippen MR) is 57.7 cm³/mol. The summed E-state index contributed by atoms with van der Waals surface area (Å²) in [6.45, 7) is 1.91. The Balaban J connectivity index is 2.05. The minimum absolute atomic E-state index is 0.0582. The second-order valence-corrected chi connectivity index (χ2v) is 4.04. The third-order valence-corrected chi connectivity index (χ3v) is 2.94. The Hall–Kier alpha value is -1.35. The SMILES string of the molecule is Cc1ccccc1C(=O)N[C@@H]1CC[C@H]1O. The number of hydrogen-bond donors (Lipinski definition) is 2. The van der Waals surface area contributed by atoms with Crippen LogP contribution in [0.2, 0.25) is 0 Å². The molecule has 0 unspecified atom stereocenters. The van der Waals surface area contributed by atoms with E-state index in [-0.39, 0.29) is 18.1 Å². The molecule has 1 saturated carbocycles. The largest absolute Gasteiger partial charge is 0.391 e. The summed E-state index contributed by atoms with van der Waals surface area (Å²) in [6, 6.07) is 7.41. The Labute approximate surface area is 89.1 Å². The normalized spacial score (nSPS) is 24.4. The van der Waals surface area contributed by atoms with E-state index in [4.69, 9.17) is 0 Å². The molecular weight excluding hydrogens is 190 g/mol. The molecule has 0 heterocycles. The summed E-state index contributed by atoms with van der Waals surface area (Å²) in [7, 11) is 0. The summed E-state index contributed by atoms with van der Waals surface area (Å²) in [4.78, 5) is 11.8. The Bertz CT molecular complexity index is 376. The van der Waals surface area contributed by atoms with Crippen molar-refractivity contribution in [1.29, 1.82) is 0 Å². The topological polar surface area (TPSA) is 49.3 Å². The highest BCUT2D eigenvalue weighted by molar-refractivity contribution is 5.95. The third kappa shape index (κ3) is 2.02. The van der Waals surface area contributed by atoms with Gasteiger partial charge in [-0.2, -0.15) is 0 Å². The van der Waals surface area contributed by atoms with Gasteiger partial charge in [0.2, 0.25) is 0 Å². The van der Waals surface area contributed by atoms with Crippen LogP contribution in [0.4, 0.5) is 0 Å². The molecule has 0 radical (unpaired) electrons. The van der Waals surface area contributed by atoms with Gasteiger partial charge in [-0.15, -0.1) is 0 Å². The molecule has 0 aromatic heterocycles. The zero-order chi connectivity index (χ0) is 10.8. The lowest BCUT2D eigenvalue weighted by Crippen LogP contribution is -2.50. The first-order chi connectivity index (χ1) is 7.18. The number of aryl methyl sites for hydroxylation is 1. The van der Waals surface area contributed by atoms with E-state index in [1.807, 2.05) is 25.1 Å². The minimum atomic E-state index is -0.363. The molecule has 0 saturated heterocycles. The highest BCUT2D eigenvalue weighted by atomic mass is 16.3. The zero-order valence-electron chi connectivity index (χ0n) is 8.73. The van der Waals surface area contributed by atoms with Crippen LogP contribution in [0.25, 0.3) is 0 Å². The molecule has 1 aliphatic carbocycles. The van der Waals surface area contributed by atoms with E-state index in [0.29, 0.717) is 5.56 Å². The van der Waals surface area contributed by atoms with Gasteiger partial charge < -0.3 is 10.4 Å². The van der Waals surface area contributed by atoms with Crippen molar-refractivity contribution in [3.05, 3.63) is 35.4 Å². The first-order valence-corrected chi connectivity index (χ1v) is 5.23. The summed E-state index contributed by atoms with van der Waals surface area (Å²) in [5, 5.41) is 12.2. The molecule has 3 nitrogen and oxygen atoms in total. The molecule has 1 aromatic carbocycles. The fourth-order valence-corrected chi connectivity index (χ4v) is 1.72. The Kier molecular flexibility index (Phi) is 2.73. The van der Waals surface area contributed by atoms with E-state index in [2.05, 4.69) is 5.32 Å². The van der Waals surface area contributed by atoms with Crippen LogP contribution in [-0.2, 0) is 0 Å². The van der Waals surface area contributed by atoms with Gasteiger partial charge in [0.15, 0.2) is 0 Å².